The Morgan fingerprint density at radius 3 is 1.90 bits per heavy atom. The highest BCUT2D eigenvalue weighted by molar-refractivity contribution is 6.35. The van der Waals surface area contributed by atoms with Crippen molar-refractivity contribution in [3.63, 3.8) is 0 Å². The van der Waals surface area contributed by atoms with Gasteiger partial charge in [-0.2, -0.15) is 0 Å². The Balaban J connectivity index is 1.32. The average molecular weight is 671 g/mol. The van der Waals surface area contributed by atoms with Crippen LogP contribution in [0.3, 0.4) is 0 Å². The van der Waals surface area contributed by atoms with Crippen molar-refractivity contribution in [1.82, 2.24) is 0 Å². The molecule has 5 heteroatoms. The van der Waals surface area contributed by atoms with Gasteiger partial charge in [0.2, 0.25) is 0 Å². The smallest absolute Gasteiger partial charge is 0.160 e. The molecule has 0 aliphatic rings. The number of nitrogens with zero attached hydrogens (tertiary/aromatic N) is 1. The molecule has 0 aliphatic heterocycles. The molecule has 0 fully saturated rings. The Kier molecular flexibility index (Phi) is 6.29. The largest absolute Gasteiger partial charge is 0.456 e. The first-order valence-corrected chi connectivity index (χ1v) is 16.9. The van der Waals surface area contributed by atoms with E-state index in [9.17, 15) is 0 Å². The Bertz CT molecular complexity index is 2900. The van der Waals surface area contributed by atoms with E-state index < -0.39 is 0 Å². The highest BCUT2D eigenvalue weighted by Crippen LogP contribution is 2.49. The van der Waals surface area contributed by atoms with Gasteiger partial charge >= 0.3 is 0 Å². The molecule has 10 aromatic rings. The number of para-hydroxylation sites is 2. The van der Waals surface area contributed by atoms with E-state index in [1.165, 1.54) is 0 Å². The van der Waals surface area contributed by atoms with Gasteiger partial charge < -0.3 is 13.7 Å². The number of hydrogen-bond acceptors (Lipinski definition) is 3. The summed E-state index contributed by atoms with van der Waals surface area (Å²) >= 11 is 12.9. The molecule has 3 nitrogen and oxygen atoms in total. The first kappa shape index (κ1) is 28.3. The minimum absolute atomic E-state index is 0.597. The molecule has 10 rings (SSSR count). The molecule has 0 amide bonds. The van der Waals surface area contributed by atoms with Crippen LogP contribution in [0.5, 0.6) is 0 Å². The summed E-state index contributed by atoms with van der Waals surface area (Å²) in [6.45, 7) is 0. The molecule has 0 N–H and O–H groups in total. The number of rotatable bonds is 4. The molecule has 0 saturated heterocycles. The van der Waals surface area contributed by atoms with Gasteiger partial charge in [-0.3, -0.25) is 0 Å². The van der Waals surface area contributed by atoms with Crippen LogP contribution in [0.1, 0.15) is 0 Å². The lowest BCUT2D eigenvalue weighted by molar-refractivity contribution is 0.668. The summed E-state index contributed by atoms with van der Waals surface area (Å²) < 4.78 is 13.4. The van der Waals surface area contributed by atoms with Crippen LogP contribution in [-0.2, 0) is 0 Å². The van der Waals surface area contributed by atoms with Gasteiger partial charge in [0.1, 0.15) is 16.7 Å². The van der Waals surface area contributed by atoms with Crippen molar-refractivity contribution in [2.75, 3.05) is 4.90 Å². The molecule has 232 valence electrons. The molecule has 0 unspecified atom stereocenters. The molecule has 49 heavy (non-hydrogen) atoms. The summed E-state index contributed by atoms with van der Waals surface area (Å²) in [6, 6.07) is 52.1. The first-order chi connectivity index (χ1) is 24.1. The van der Waals surface area contributed by atoms with Gasteiger partial charge in [0.05, 0.1) is 11.4 Å². The minimum atomic E-state index is 0.597. The Morgan fingerprint density at radius 2 is 1.08 bits per heavy atom. The predicted octanol–water partition coefficient (Wildman–Crippen LogP) is 14.2. The average Bonchev–Trinajstić information content (AvgIpc) is 3.71. The van der Waals surface area contributed by atoms with E-state index in [4.69, 9.17) is 32.0 Å². The van der Waals surface area contributed by atoms with Crippen LogP contribution in [-0.4, -0.2) is 0 Å². The maximum absolute atomic E-state index is 6.88. The second kappa shape index (κ2) is 10.9. The second-order valence-electron chi connectivity index (χ2n) is 12.4. The van der Waals surface area contributed by atoms with Crippen LogP contribution in [0.2, 0.25) is 10.0 Å². The van der Waals surface area contributed by atoms with Gasteiger partial charge in [0, 0.05) is 48.7 Å². The standard InChI is InChI=1S/C44H25Cl2NO2/c45-29-20-28(21-30(46)24-29)26-18-19-40-36(22-26)43-32-13-5-4-10-27(32)23-38(44(43)49-40)47(31-11-2-1-3-12-31)37-25-41-42(34-15-7-6-14-33(34)37)35-16-8-9-17-39(35)48-41/h1-25H. The van der Waals surface area contributed by atoms with Gasteiger partial charge in [0.15, 0.2) is 5.58 Å². The number of benzene rings is 8. The summed E-state index contributed by atoms with van der Waals surface area (Å²) in [4.78, 5) is 2.31. The Morgan fingerprint density at radius 1 is 0.408 bits per heavy atom. The predicted molar refractivity (Wildman–Crippen MR) is 206 cm³/mol. The fraction of sp³-hybridized carbons (Fsp3) is 0. The van der Waals surface area contributed by atoms with Crippen LogP contribution >= 0.6 is 23.2 Å². The monoisotopic (exact) mass is 669 g/mol. The van der Waals surface area contributed by atoms with Gasteiger partial charge in [-0.05, 0) is 81.9 Å². The third kappa shape index (κ3) is 4.44. The van der Waals surface area contributed by atoms with E-state index in [2.05, 4.69) is 114 Å². The molecule has 8 aromatic carbocycles. The first-order valence-electron chi connectivity index (χ1n) is 16.1. The van der Waals surface area contributed by atoms with E-state index in [-0.39, 0.29) is 0 Å². The number of fused-ring (bicyclic) bond motifs is 10. The number of halogens is 2. The van der Waals surface area contributed by atoms with Crippen LogP contribution in [0, 0.1) is 0 Å². The maximum atomic E-state index is 6.88. The van der Waals surface area contributed by atoms with Crippen molar-refractivity contribution in [2.24, 2.45) is 0 Å². The van der Waals surface area contributed by atoms with Crippen LogP contribution in [0.25, 0.3) is 76.5 Å². The number of anilines is 3. The number of hydrogen-bond donors (Lipinski definition) is 0. The topological polar surface area (TPSA) is 29.5 Å². The SMILES string of the molecule is Clc1cc(Cl)cc(-c2ccc3oc4c(N(c5ccccc5)c5cc6oc7ccccc7c6c6ccccc56)cc5ccccc5c4c3c2)c1. The Hall–Kier alpha value is -5.74. The highest BCUT2D eigenvalue weighted by Gasteiger charge is 2.25. The number of furan rings is 2. The minimum Gasteiger partial charge on any atom is -0.456 e. The summed E-state index contributed by atoms with van der Waals surface area (Å²) in [5.41, 5.74) is 8.21. The third-order valence-corrected chi connectivity index (χ3v) is 9.93. The molecular formula is C44H25Cl2NO2. The van der Waals surface area contributed by atoms with E-state index >= 15 is 0 Å². The molecule has 2 aromatic heterocycles. The summed E-state index contributed by atoms with van der Waals surface area (Å²) in [6.07, 6.45) is 0. The van der Waals surface area contributed by atoms with E-state index in [0.29, 0.717) is 10.0 Å². The van der Waals surface area contributed by atoms with Crippen molar-refractivity contribution < 1.29 is 8.83 Å². The second-order valence-corrected chi connectivity index (χ2v) is 13.2. The summed E-state index contributed by atoms with van der Waals surface area (Å²) in [5.74, 6) is 0. The van der Waals surface area contributed by atoms with E-state index in [1.807, 2.05) is 36.4 Å². The Labute approximate surface area is 291 Å². The van der Waals surface area contributed by atoms with Crippen molar-refractivity contribution >= 4 is 106 Å². The van der Waals surface area contributed by atoms with E-state index in [0.717, 1.165) is 93.6 Å². The fourth-order valence-corrected chi connectivity index (χ4v) is 7.94. The van der Waals surface area contributed by atoms with Crippen molar-refractivity contribution in [1.29, 1.82) is 0 Å². The molecule has 0 saturated carbocycles. The zero-order valence-corrected chi connectivity index (χ0v) is 27.5. The van der Waals surface area contributed by atoms with Crippen molar-refractivity contribution in [3.8, 4) is 11.1 Å². The van der Waals surface area contributed by atoms with Gasteiger partial charge in [0.25, 0.3) is 0 Å². The van der Waals surface area contributed by atoms with Crippen LogP contribution in [0.15, 0.2) is 160 Å². The molecule has 0 radical (unpaired) electrons. The lowest BCUT2D eigenvalue weighted by Crippen LogP contribution is -2.11. The maximum Gasteiger partial charge on any atom is 0.160 e. The lowest BCUT2D eigenvalue weighted by Gasteiger charge is -2.27. The summed E-state index contributed by atoms with van der Waals surface area (Å²) in [5, 5.41) is 9.96. The quantitative estimate of drug-likeness (QED) is 0.187. The molecule has 0 bridgehead atoms. The molecule has 0 spiro atoms. The van der Waals surface area contributed by atoms with Crippen LogP contribution < -0.4 is 4.90 Å². The molecule has 0 atom stereocenters. The van der Waals surface area contributed by atoms with Gasteiger partial charge in [-0.1, -0.05) is 114 Å². The summed E-state index contributed by atoms with van der Waals surface area (Å²) in [7, 11) is 0. The highest BCUT2D eigenvalue weighted by atomic mass is 35.5. The third-order valence-electron chi connectivity index (χ3n) is 9.50. The van der Waals surface area contributed by atoms with Crippen molar-refractivity contribution in [3.05, 3.63) is 162 Å². The molecule has 2 heterocycles. The van der Waals surface area contributed by atoms with Crippen molar-refractivity contribution in [2.45, 2.75) is 0 Å². The molecular weight excluding hydrogens is 645 g/mol. The van der Waals surface area contributed by atoms with Gasteiger partial charge in [-0.15, -0.1) is 0 Å². The zero-order valence-electron chi connectivity index (χ0n) is 26.0. The van der Waals surface area contributed by atoms with Crippen LogP contribution in [0.4, 0.5) is 17.1 Å². The fourth-order valence-electron chi connectivity index (χ4n) is 7.42. The lowest BCUT2D eigenvalue weighted by atomic mass is 9.98. The zero-order chi connectivity index (χ0) is 32.6. The van der Waals surface area contributed by atoms with E-state index in [1.54, 1.807) is 6.07 Å². The van der Waals surface area contributed by atoms with Gasteiger partial charge in [-0.25, -0.2) is 0 Å². The molecule has 0 aliphatic carbocycles. The normalized spacial score (nSPS) is 11.9.